The highest BCUT2D eigenvalue weighted by atomic mass is 32.2. The molecule has 0 saturated heterocycles. The molecule has 2 rings (SSSR count). The predicted molar refractivity (Wildman–Crippen MR) is 74.3 cm³/mol. The van der Waals surface area contributed by atoms with E-state index >= 15 is 0 Å². The van der Waals surface area contributed by atoms with Gasteiger partial charge in [0.25, 0.3) is 0 Å². The minimum absolute atomic E-state index is 0.164. The zero-order valence-corrected chi connectivity index (χ0v) is 11.2. The Kier molecular flexibility index (Phi) is 4.35. The van der Waals surface area contributed by atoms with Crippen LogP contribution in [0.3, 0.4) is 0 Å². The quantitative estimate of drug-likeness (QED) is 0.626. The first-order valence-corrected chi connectivity index (χ1v) is 7.25. The molecule has 17 heavy (non-hydrogen) atoms. The topological polar surface area (TPSA) is 46.2 Å². The molecule has 3 N–H and O–H groups in total. The van der Waals surface area contributed by atoms with Gasteiger partial charge in [0.1, 0.15) is 0 Å². The van der Waals surface area contributed by atoms with Crippen molar-refractivity contribution in [3.8, 4) is 0 Å². The molecular weight excluding hydrogens is 230 g/mol. The van der Waals surface area contributed by atoms with Crippen molar-refractivity contribution < 1.29 is 5.11 Å². The summed E-state index contributed by atoms with van der Waals surface area (Å²) >= 11 is 1.80. The normalized spacial score (nSPS) is 25.5. The summed E-state index contributed by atoms with van der Waals surface area (Å²) in [6, 6.07) is 6.02. The van der Waals surface area contributed by atoms with Crippen molar-refractivity contribution in [2.24, 2.45) is 0 Å². The van der Waals surface area contributed by atoms with Gasteiger partial charge in [-0.2, -0.15) is 0 Å². The number of aliphatic hydroxyl groups is 1. The van der Waals surface area contributed by atoms with E-state index in [1.165, 1.54) is 23.3 Å². The van der Waals surface area contributed by atoms with Gasteiger partial charge < -0.3 is 10.8 Å². The van der Waals surface area contributed by atoms with E-state index in [-0.39, 0.29) is 6.10 Å². The Balaban J connectivity index is 2.10. The van der Waals surface area contributed by atoms with Crippen LogP contribution in [-0.2, 0) is 0 Å². The molecule has 1 aliphatic rings. The van der Waals surface area contributed by atoms with Gasteiger partial charge in [0.05, 0.1) is 6.10 Å². The molecule has 0 aliphatic heterocycles. The van der Waals surface area contributed by atoms with Crippen LogP contribution in [0.1, 0.15) is 37.7 Å². The van der Waals surface area contributed by atoms with Crippen LogP contribution in [0.25, 0.3) is 0 Å². The van der Waals surface area contributed by atoms with Crippen molar-refractivity contribution in [1.82, 2.24) is 0 Å². The fourth-order valence-corrected chi connectivity index (χ4v) is 3.66. The first-order valence-electron chi connectivity index (χ1n) is 6.37. The third-order valence-corrected chi connectivity index (χ3v) is 4.95. The summed E-state index contributed by atoms with van der Waals surface area (Å²) in [5, 5.41) is 10.4. The SMILES string of the molecule is Cc1ccc(N)cc1SC1CCCCCC1O. The number of hydrogen-bond donors (Lipinski definition) is 2. The summed E-state index contributed by atoms with van der Waals surface area (Å²) in [4.78, 5) is 1.22. The standard InChI is InChI=1S/C14H21NOS/c1-10-7-8-11(15)9-14(10)17-13-6-4-2-3-5-12(13)16/h7-9,12-13,16H,2-6,15H2,1H3. The number of benzene rings is 1. The molecule has 1 fully saturated rings. The van der Waals surface area contributed by atoms with Crippen molar-refractivity contribution in [3.63, 3.8) is 0 Å². The smallest absolute Gasteiger partial charge is 0.0662 e. The van der Waals surface area contributed by atoms with Crippen LogP contribution in [0, 0.1) is 6.92 Å². The Labute approximate surface area is 108 Å². The largest absolute Gasteiger partial charge is 0.399 e. The van der Waals surface area contributed by atoms with Crippen LogP contribution in [0.5, 0.6) is 0 Å². The summed E-state index contributed by atoms with van der Waals surface area (Å²) in [5.41, 5.74) is 7.88. The molecule has 0 aromatic heterocycles. The molecule has 0 bridgehead atoms. The summed E-state index contributed by atoms with van der Waals surface area (Å²) in [7, 11) is 0. The molecule has 1 aliphatic carbocycles. The predicted octanol–water partition coefficient (Wildman–Crippen LogP) is 3.36. The Bertz CT molecular complexity index is 380. The second-order valence-corrected chi connectivity index (χ2v) is 6.17. The molecule has 0 heterocycles. The van der Waals surface area contributed by atoms with E-state index in [1.807, 2.05) is 12.1 Å². The van der Waals surface area contributed by atoms with Crippen molar-refractivity contribution >= 4 is 17.4 Å². The third kappa shape index (κ3) is 3.39. The Morgan fingerprint density at radius 2 is 2.00 bits per heavy atom. The van der Waals surface area contributed by atoms with E-state index in [2.05, 4.69) is 13.0 Å². The van der Waals surface area contributed by atoms with Gasteiger partial charge in [-0.3, -0.25) is 0 Å². The molecule has 2 unspecified atom stereocenters. The maximum atomic E-state index is 10.1. The van der Waals surface area contributed by atoms with Gasteiger partial charge in [-0.15, -0.1) is 11.8 Å². The van der Waals surface area contributed by atoms with Crippen LogP contribution in [-0.4, -0.2) is 16.5 Å². The zero-order valence-electron chi connectivity index (χ0n) is 10.4. The molecule has 1 aromatic rings. The molecule has 0 spiro atoms. The van der Waals surface area contributed by atoms with Crippen LogP contribution >= 0.6 is 11.8 Å². The Morgan fingerprint density at radius 3 is 2.82 bits per heavy atom. The summed E-state index contributed by atoms with van der Waals surface area (Å²) in [6.07, 6.45) is 5.54. The summed E-state index contributed by atoms with van der Waals surface area (Å²) in [6.45, 7) is 2.10. The van der Waals surface area contributed by atoms with E-state index < -0.39 is 0 Å². The number of hydrogen-bond acceptors (Lipinski definition) is 3. The third-order valence-electron chi connectivity index (χ3n) is 3.41. The van der Waals surface area contributed by atoms with E-state index in [0.29, 0.717) is 5.25 Å². The molecular formula is C14H21NOS. The Morgan fingerprint density at radius 1 is 1.24 bits per heavy atom. The lowest BCUT2D eigenvalue weighted by molar-refractivity contribution is 0.163. The van der Waals surface area contributed by atoms with E-state index in [4.69, 9.17) is 5.73 Å². The number of anilines is 1. The fourth-order valence-electron chi connectivity index (χ4n) is 2.30. The fraction of sp³-hybridized carbons (Fsp3) is 0.571. The van der Waals surface area contributed by atoms with Gasteiger partial charge in [-0.1, -0.05) is 25.3 Å². The molecule has 0 amide bonds. The van der Waals surface area contributed by atoms with Gasteiger partial charge in [-0.25, -0.2) is 0 Å². The minimum Gasteiger partial charge on any atom is -0.399 e. The Hall–Kier alpha value is -0.670. The van der Waals surface area contributed by atoms with Crippen LogP contribution in [0.4, 0.5) is 5.69 Å². The zero-order chi connectivity index (χ0) is 12.3. The molecule has 3 heteroatoms. The van der Waals surface area contributed by atoms with Crippen molar-refractivity contribution in [2.75, 3.05) is 5.73 Å². The molecule has 2 atom stereocenters. The highest BCUT2D eigenvalue weighted by molar-refractivity contribution is 8.00. The first-order chi connectivity index (χ1) is 8.16. The molecule has 2 nitrogen and oxygen atoms in total. The van der Waals surface area contributed by atoms with Gasteiger partial charge in [0.15, 0.2) is 0 Å². The number of rotatable bonds is 2. The van der Waals surface area contributed by atoms with E-state index in [0.717, 1.165) is 24.9 Å². The number of thioether (sulfide) groups is 1. The highest BCUT2D eigenvalue weighted by Crippen LogP contribution is 2.35. The maximum absolute atomic E-state index is 10.1. The van der Waals surface area contributed by atoms with Crippen LogP contribution in [0.2, 0.25) is 0 Å². The molecule has 1 aromatic carbocycles. The lowest BCUT2D eigenvalue weighted by Gasteiger charge is -2.20. The molecule has 1 saturated carbocycles. The number of nitrogen functional groups attached to an aromatic ring is 1. The lowest BCUT2D eigenvalue weighted by Crippen LogP contribution is -2.21. The van der Waals surface area contributed by atoms with Crippen LogP contribution in [0.15, 0.2) is 23.1 Å². The highest BCUT2D eigenvalue weighted by Gasteiger charge is 2.23. The van der Waals surface area contributed by atoms with Crippen molar-refractivity contribution in [2.45, 2.75) is 55.3 Å². The average molecular weight is 251 g/mol. The minimum atomic E-state index is -0.164. The van der Waals surface area contributed by atoms with Gasteiger partial charge >= 0.3 is 0 Å². The van der Waals surface area contributed by atoms with Gasteiger partial charge in [-0.05, 0) is 37.5 Å². The average Bonchev–Trinajstić information content (AvgIpc) is 2.50. The second-order valence-electron chi connectivity index (χ2n) is 4.89. The van der Waals surface area contributed by atoms with Gasteiger partial charge in [0.2, 0.25) is 0 Å². The van der Waals surface area contributed by atoms with Crippen LogP contribution < -0.4 is 5.73 Å². The number of aryl methyl sites for hydroxylation is 1. The van der Waals surface area contributed by atoms with Crippen molar-refractivity contribution in [1.29, 1.82) is 0 Å². The van der Waals surface area contributed by atoms with Crippen molar-refractivity contribution in [3.05, 3.63) is 23.8 Å². The lowest BCUT2D eigenvalue weighted by atomic mass is 10.1. The monoisotopic (exact) mass is 251 g/mol. The summed E-state index contributed by atoms with van der Waals surface area (Å²) < 4.78 is 0. The number of nitrogens with two attached hydrogens (primary N) is 1. The first kappa shape index (κ1) is 12.8. The second kappa shape index (κ2) is 5.78. The maximum Gasteiger partial charge on any atom is 0.0662 e. The molecule has 94 valence electrons. The van der Waals surface area contributed by atoms with Gasteiger partial charge in [0, 0.05) is 15.8 Å². The van der Waals surface area contributed by atoms with E-state index in [9.17, 15) is 5.11 Å². The molecule has 0 radical (unpaired) electrons. The van der Waals surface area contributed by atoms with E-state index in [1.54, 1.807) is 11.8 Å². The number of aliphatic hydroxyl groups excluding tert-OH is 1. The summed E-state index contributed by atoms with van der Waals surface area (Å²) in [5.74, 6) is 0.